The van der Waals surface area contributed by atoms with Crippen LogP contribution in [0.15, 0.2) is 40.2 Å². The first kappa shape index (κ1) is 15.4. The summed E-state index contributed by atoms with van der Waals surface area (Å²) in [5.74, 6) is 0. The summed E-state index contributed by atoms with van der Waals surface area (Å²) in [6, 6.07) is 8.65. The highest BCUT2D eigenvalue weighted by Gasteiger charge is 2.18. The standard InChI is InChI=1S/C14H20N2O2S2/c1-19-14(15-12-8-4-2-5-9-12)16-20(17,18)13-10-6-3-7-11-13/h3,6-7,10-12H,2,4-5,8-9H2,1H3,(H,15,16). The summed E-state index contributed by atoms with van der Waals surface area (Å²) in [4.78, 5) is 4.82. The number of rotatable bonds is 3. The molecule has 4 nitrogen and oxygen atoms in total. The van der Waals surface area contributed by atoms with Gasteiger partial charge < -0.3 is 0 Å². The van der Waals surface area contributed by atoms with Crippen LogP contribution in [0.2, 0.25) is 0 Å². The first-order valence-corrected chi connectivity index (χ1v) is 9.52. The van der Waals surface area contributed by atoms with Crippen molar-refractivity contribution in [2.24, 2.45) is 4.99 Å². The fourth-order valence-corrected chi connectivity index (χ4v) is 4.10. The number of hydrogen-bond acceptors (Lipinski definition) is 4. The van der Waals surface area contributed by atoms with E-state index in [1.165, 1.54) is 31.0 Å². The Bertz CT molecular complexity index is 550. The maximum Gasteiger partial charge on any atom is 0.263 e. The fraction of sp³-hybridized carbons (Fsp3) is 0.500. The summed E-state index contributed by atoms with van der Waals surface area (Å²) in [5.41, 5.74) is 0. The molecule has 1 aromatic carbocycles. The molecule has 0 spiro atoms. The van der Waals surface area contributed by atoms with Crippen molar-refractivity contribution in [2.45, 2.75) is 43.0 Å². The van der Waals surface area contributed by atoms with Gasteiger partial charge in [0.2, 0.25) is 0 Å². The Labute approximate surface area is 125 Å². The molecule has 0 aromatic heterocycles. The van der Waals surface area contributed by atoms with E-state index in [0.29, 0.717) is 5.17 Å². The first-order chi connectivity index (χ1) is 9.62. The highest BCUT2D eigenvalue weighted by atomic mass is 32.2. The van der Waals surface area contributed by atoms with Crippen molar-refractivity contribution in [3.63, 3.8) is 0 Å². The summed E-state index contributed by atoms with van der Waals surface area (Å²) in [6.45, 7) is 0. The van der Waals surface area contributed by atoms with Gasteiger partial charge in [0.25, 0.3) is 10.0 Å². The van der Waals surface area contributed by atoms with Gasteiger partial charge in [-0.15, -0.1) is 0 Å². The van der Waals surface area contributed by atoms with Crippen molar-refractivity contribution in [2.75, 3.05) is 6.26 Å². The molecule has 1 N–H and O–H groups in total. The number of nitrogens with zero attached hydrogens (tertiary/aromatic N) is 1. The van der Waals surface area contributed by atoms with Gasteiger partial charge in [-0.3, -0.25) is 9.71 Å². The third kappa shape index (κ3) is 4.24. The van der Waals surface area contributed by atoms with E-state index >= 15 is 0 Å². The Hall–Kier alpha value is -1.01. The SMILES string of the molecule is CSC(=NC1CCCCC1)NS(=O)(=O)c1ccccc1. The van der Waals surface area contributed by atoms with Gasteiger partial charge in [0.1, 0.15) is 0 Å². The molecule has 0 atom stereocenters. The molecule has 0 saturated heterocycles. The van der Waals surface area contributed by atoms with Crippen LogP contribution < -0.4 is 4.72 Å². The van der Waals surface area contributed by atoms with Crippen LogP contribution in [0.5, 0.6) is 0 Å². The molecule has 0 heterocycles. The highest BCUT2D eigenvalue weighted by Crippen LogP contribution is 2.21. The molecular formula is C14H20N2O2S2. The lowest BCUT2D eigenvalue weighted by Gasteiger charge is -2.19. The Morgan fingerprint density at radius 2 is 1.85 bits per heavy atom. The van der Waals surface area contributed by atoms with Crippen molar-refractivity contribution >= 4 is 27.0 Å². The van der Waals surface area contributed by atoms with E-state index in [9.17, 15) is 8.42 Å². The van der Waals surface area contributed by atoms with E-state index < -0.39 is 10.0 Å². The number of hydrogen-bond donors (Lipinski definition) is 1. The van der Waals surface area contributed by atoms with Crippen LogP contribution in [0.1, 0.15) is 32.1 Å². The minimum atomic E-state index is -3.52. The van der Waals surface area contributed by atoms with Crippen molar-refractivity contribution in [3.05, 3.63) is 30.3 Å². The van der Waals surface area contributed by atoms with Crippen LogP contribution in [-0.2, 0) is 10.0 Å². The topological polar surface area (TPSA) is 58.5 Å². The first-order valence-electron chi connectivity index (χ1n) is 6.81. The number of benzene rings is 1. The highest BCUT2D eigenvalue weighted by molar-refractivity contribution is 8.14. The predicted molar refractivity (Wildman–Crippen MR) is 84.6 cm³/mol. The lowest BCUT2D eigenvalue weighted by Crippen LogP contribution is -2.30. The molecule has 0 bridgehead atoms. The van der Waals surface area contributed by atoms with Crippen molar-refractivity contribution in [1.82, 2.24) is 4.72 Å². The molecule has 1 saturated carbocycles. The molecule has 1 aliphatic carbocycles. The van der Waals surface area contributed by atoms with Crippen LogP contribution in [-0.4, -0.2) is 25.9 Å². The fourth-order valence-electron chi connectivity index (χ4n) is 2.27. The molecule has 0 radical (unpaired) electrons. The summed E-state index contributed by atoms with van der Waals surface area (Å²) in [6.07, 6.45) is 7.57. The summed E-state index contributed by atoms with van der Waals surface area (Å²) in [7, 11) is -3.52. The molecule has 0 amide bonds. The van der Waals surface area contributed by atoms with Gasteiger partial charge in [0, 0.05) is 0 Å². The zero-order valence-electron chi connectivity index (χ0n) is 11.6. The summed E-state index contributed by atoms with van der Waals surface area (Å²) < 4.78 is 27.1. The van der Waals surface area contributed by atoms with E-state index in [-0.39, 0.29) is 10.9 Å². The van der Waals surface area contributed by atoms with Crippen LogP contribution in [0.3, 0.4) is 0 Å². The Kier molecular flexibility index (Phi) is 5.48. The van der Waals surface area contributed by atoms with Gasteiger partial charge in [-0.05, 0) is 31.2 Å². The van der Waals surface area contributed by atoms with Gasteiger partial charge in [0.05, 0.1) is 10.9 Å². The number of nitrogens with one attached hydrogen (secondary N) is 1. The van der Waals surface area contributed by atoms with Gasteiger partial charge >= 0.3 is 0 Å². The normalized spacial score (nSPS) is 17.9. The smallest absolute Gasteiger partial charge is 0.259 e. The van der Waals surface area contributed by atoms with Crippen molar-refractivity contribution in [1.29, 1.82) is 0 Å². The predicted octanol–water partition coefficient (Wildman–Crippen LogP) is 3.02. The van der Waals surface area contributed by atoms with Gasteiger partial charge in [-0.1, -0.05) is 49.2 Å². The van der Waals surface area contributed by atoms with Gasteiger partial charge in [-0.2, -0.15) is 0 Å². The average molecular weight is 312 g/mol. The lowest BCUT2D eigenvalue weighted by molar-refractivity contribution is 0.443. The van der Waals surface area contributed by atoms with E-state index in [0.717, 1.165) is 12.8 Å². The van der Waals surface area contributed by atoms with Crippen LogP contribution in [0, 0.1) is 0 Å². The van der Waals surface area contributed by atoms with E-state index in [4.69, 9.17) is 0 Å². The quantitative estimate of drug-likeness (QED) is 0.689. The molecule has 1 aliphatic rings. The number of aliphatic imine (C=N–C) groups is 1. The maximum atomic E-state index is 12.2. The number of sulfonamides is 1. The number of amidine groups is 1. The van der Waals surface area contributed by atoms with E-state index in [1.54, 1.807) is 30.3 Å². The van der Waals surface area contributed by atoms with Crippen molar-refractivity contribution < 1.29 is 8.42 Å². The molecule has 20 heavy (non-hydrogen) atoms. The van der Waals surface area contributed by atoms with Gasteiger partial charge in [-0.25, -0.2) is 8.42 Å². The maximum absolute atomic E-state index is 12.2. The molecule has 6 heteroatoms. The Morgan fingerprint density at radius 1 is 1.20 bits per heavy atom. The van der Waals surface area contributed by atoms with E-state index in [1.807, 2.05) is 6.26 Å². The zero-order valence-corrected chi connectivity index (χ0v) is 13.2. The molecule has 1 aromatic rings. The lowest BCUT2D eigenvalue weighted by atomic mass is 9.96. The van der Waals surface area contributed by atoms with E-state index in [2.05, 4.69) is 9.71 Å². The summed E-state index contributed by atoms with van der Waals surface area (Å²) >= 11 is 1.34. The Balaban J connectivity index is 2.11. The van der Waals surface area contributed by atoms with Crippen LogP contribution in [0.25, 0.3) is 0 Å². The molecule has 110 valence electrons. The monoisotopic (exact) mass is 312 g/mol. The molecular weight excluding hydrogens is 292 g/mol. The molecule has 1 fully saturated rings. The molecule has 2 rings (SSSR count). The Morgan fingerprint density at radius 3 is 2.45 bits per heavy atom. The summed E-state index contributed by atoms with van der Waals surface area (Å²) in [5, 5.41) is 0.487. The zero-order chi connectivity index (χ0) is 14.4. The molecule has 0 aliphatic heterocycles. The second-order valence-corrected chi connectivity index (χ2v) is 7.33. The minimum Gasteiger partial charge on any atom is -0.259 e. The van der Waals surface area contributed by atoms with Crippen LogP contribution in [0.4, 0.5) is 0 Å². The van der Waals surface area contributed by atoms with Crippen LogP contribution >= 0.6 is 11.8 Å². The molecule has 0 unspecified atom stereocenters. The second kappa shape index (κ2) is 7.13. The third-order valence-electron chi connectivity index (χ3n) is 3.34. The third-order valence-corrected chi connectivity index (χ3v) is 5.42. The van der Waals surface area contributed by atoms with Crippen molar-refractivity contribution in [3.8, 4) is 0 Å². The number of thioether (sulfide) groups is 1. The second-order valence-electron chi connectivity index (χ2n) is 4.85. The average Bonchev–Trinajstić information content (AvgIpc) is 2.48. The largest absolute Gasteiger partial charge is 0.263 e. The van der Waals surface area contributed by atoms with Gasteiger partial charge in [0.15, 0.2) is 5.17 Å². The minimum absolute atomic E-state index is 0.254.